The average molecular weight is 916 g/mol. The molecule has 4 aromatic rings. The molecule has 356 valence electrons. The van der Waals surface area contributed by atoms with Gasteiger partial charge in [-0.05, 0) is 116 Å². The lowest BCUT2D eigenvalue weighted by Crippen LogP contribution is -2.62. The van der Waals surface area contributed by atoms with Gasteiger partial charge in [-0.25, -0.2) is 5.43 Å². The van der Waals surface area contributed by atoms with Crippen molar-refractivity contribution in [2.24, 2.45) is 17.3 Å². The normalized spacial score (nSPS) is 21.7. The summed E-state index contributed by atoms with van der Waals surface area (Å²) in [7, 11) is 3.30. The number of carbonyl (C=O) groups excluding carboxylic acids is 5. The Hall–Kier alpha value is -6.06. The minimum atomic E-state index is -1.14. The number of pyridine rings is 1. The molecule has 0 unspecified atom stereocenters. The first-order valence-electron chi connectivity index (χ1n) is 23.8. The number of fused-ring (bicyclic) bond motifs is 6. The molecule has 0 spiro atoms. The van der Waals surface area contributed by atoms with Crippen molar-refractivity contribution >= 4 is 40.5 Å². The third-order valence-corrected chi connectivity index (χ3v) is 14.2. The van der Waals surface area contributed by atoms with Gasteiger partial charge in [0.25, 0.3) is 5.91 Å². The number of hydrogen-bond donors (Lipinski definition) is 3. The number of carbonyl (C=O) groups is 5. The molecule has 2 aromatic heterocycles. The number of benzene rings is 2. The number of aromatic hydroxyl groups is 1. The van der Waals surface area contributed by atoms with Crippen molar-refractivity contribution in [2.75, 3.05) is 40.4 Å². The largest absolute Gasteiger partial charge is 0.508 e. The van der Waals surface area contributed by atoms with Gasteiger partial charge in [-0.3, -0.25) is 34.0 Å². The smallest absolute Gasteiger partial charge is 0.324 e. The Morgan fingerprint density at radius 2 is 1.85 bits per heavy atom. The second-order valence-electron chi connectivity index (χ2n) is 19.6. The van der Waals surface area contributed by atoms with Crippen LogP contribution in [0.25, 0.3) is 33.3 Å². The molecule has 3 aliphatic heterocycles. The summed E-state index contributed by atoms with van der Waals surface area (Å²) < 4.78 is 14.0. The fourth-order valence-electron chi connectivity index (χ4n) is 10.9. The highest BCUT2D eigenvalue weighted by Crippen LogP contribution is 2.41. The number of likely N-dealkylation sites (N-methyl/N-ethyl adjacent to an activating group) is 1. The maximum absolute atomic E-state index is 14.8. The number of hydrazine groups is 1. The van der Waals surface area contributed by atoms with E-state index >= 15 is 0 Å². The minimum absolute atomic E-state index is 0.000815. The number of likely N-dealkylation sites (tertiary alicyclic amines) is 1. The molecule has 4 aliphatic rings. The van der Waals surface area contributed by atoms with Crippen molar-refractivity contribution in [3.05, 3.63) is 84.2 Å². The Bertz CT molecular complexity index is 2550. The maximum atomic E-state index is 14.8. The molecular weight excluding hydrogens is 851 g/mol. The molecule has 4 amide bonds. The number of aromatic nitrogens is 2. The topological polar surface area (TPSA) is 176 Å². The monoisotopic (exact) mass is 915 g/mol. The molecule has 67 heavy (non-hydrogen) atoms. The first-order chi connectivity index (χ1) is 32.2. The van der Waals surface area contributed by atoms with Gasteiger partial charge in [0.1, 0.15) is 23.9 Å². The third kappa shape index (κ3) is 9.99. The van der Waals surface area contributed by atoms with Gasteiger partial charge >= 0.3 is 5.97 Å². The number of nitrogens with zero attached hydrogens (tertiary/aromatic N) is 5. The van der Waals surface area contributed by atoms with Crippen LogP contribution < -0.4 is 10.7 Å². The van der Waals surface area contributed by atoms with E-state index in [1.54, 1.807) is 37.4 Å². The molecule has 15 nitrogen and oxygen atoms in total. The van der Waals surface area contributed by atoms with Crippen LogP contribution in [0.3, 0.4) is 0 Å². The van der Waals surface area contributed by atoms with E-state index in [1.165, 1.54) is 16.0 Å². The molecule has 1 aliphatic carbocycles. The molecule has 5 heterocycles. The molecule has 3 fully saturated rings. The van der Waals surface area contributed by atoms with Crippen molar-refractivity contribution in [3.8, 4) is 28.1 Å². The average Bonchev–Trinajstić information content (AvgIpc) is 4.10. The Kier molecular flexibility index (Phi) is 14.2. The number of methoxy groups -OCH3 is 1. The van der Waals surface area contributed by atoms with Gasteiger partial charge in [-0.1, -0.05) is 45.4 Å². The van der Waals surface area contributed by atoms with E-state index in [4.69, 9.17) is 14.5 Å². The third-order valence-electron chi connectivity index (χ3n) is 14.2. The van der Waals surface area contributed by atoms with Crippen molar-refractivity contribution in [3.63, 3.8) is 0 Å². The van der Waals surface area contributed by atoms with Crippen LogP contribution in [-0.2, 0) is 59.4 Å². The Labute approximate surface area is 392 Å². The van der Waals surface area contributed by atoms with E-state index in [9.17, 15) is 29.1 Å². The zero-order valence-electron chi connectivity index (χ0n) is 39.5. The Balaban J connectivity index is 1.20. The Morgan fingerprint density at radius 1 is 1.06 bits per heavy atom. The fourth-order valence-corrected chi connectivity index (χ4v) is 10.9. The lowest BCUT2D eigenvalue weighted by atomic mass is 9.84. The van der Waals surface area contributed by atoms with Crippen LogP contribution in [0.1, 0.15) is 82.5 Å². The molecule has 8 rings (SSSR count). The zero-order chi connectivity index (χ0) is 47.6. The quantitative estimate of drug-likeness (QED) is 0.128. The van der Waals surface area contributed by atoms with E-state index in [-0.39, 0.29) is 49.6 Å². The molecule has 0 radical (unpaired) electrons. The number of phenolic OH excluding ortho intramolecular Hbond substituents is 1. The second kappa shape index (κ2) is 20.0. The molecule has 3 N–H and O–H groups in total. The van der Waals surface area contributed by atoms with Crippen LogP contribution in [0.4, 0.5) is 0 Å². The van der Waals surface area contributed by atoms with Crippen molar-refractivity contribution in [1.82, 2.24) is 35.1 Å². The highest BCUT2D eigenvalue weighted by molar-refractivity contribution is 5.96. The standard InChI is InChI=1S/C52H65N7O8/c1-7-45(61)57-22-19-35(29-57)49(63)56(5)46(33-13-9-10-14-33)48(62)54-42-25-32-23-36(26-37(60)24-32)34-17-18-44-39(27-34)40(47(58(44)8-2)38-15-11-20-53-43(38)30-66-6)28-52(3,4)31-67-51(65)41-16-12-21-59(55-41)50(42)64/h7,11,15,17-18,20,23-24,26-27,33,35,41-42,46,55,60H,1,8-10,12-14,16,19,21-22,25,28-31H2,2-6H3,(H,54,62)/t35-,41-,42-,46-/m0/s1. The van der Waals surface area contributed by atoms with Crippen LogP contribution in [-0.4, -0.2) is 118 Å². The number of phenols is 1. The number of esters is 1. The molecule has 1 saturated carbocycles. The Morgan fingerprint density at radius 3 is 2.60 bits per heavy atom. The van der Waals surface area contributed by atoms with Gasteiger partial charge in [0, 0.05) is 74.8 Å². The lowest BCUT2D eigenvalue weighted by Gasteiger charge is -2.37. The van der Waals surface area contributed by atoms with Crippen LogP contribution in [0.5, 0.6) is 5.75 Å². The van der Waals surface area contributed by atoms with E-state index in [0.29, 0.717) is 50.9 Å². The minimum Gasteiger partial charge on any atom is -0.508 e. The van der Waals surface area contributed by atoms with E-state index in [1.807, 2.05) is 18.2 Å². The summed E-state index contributed by atoms with van der Waals surface area (Å²) in [4.78, 5) is 78.0. The second-order valence-corrected chi connectivity index (χ2v) is 19.6. The van der Waals surface area contributed by atoms with E-state index in [2.05, 4.69) is 60.9 Å². The molecule has 2 aromatic carbocycles. The summed E-state index contributed by atoms with van der Waals surface area (Å²) in [5.74, 6) is -2.44. The van der Waals surface area contributed by atoms with Crippen LogP contribution >= 0.6 is 0 Å². The number of aryl methyl sites for hydroxylation is 1. The van der Waals surface area contributed by atoms with E-state index in [0.717, 1.165) is 70.2 Å². The van der Waals surface area contributed by atoms with Crippen LogP contribution in [0, 0.1) is 17.3 Å². The summed E-state index contributed by atoms with van der Waals surface area (Å²) in [5.41, 5.74) is 9.64. The lowest BCUT2D eigenvalue weighted by molar-refractivity contribution is -0.155. The SMILES string of the molecule is C=CC(=O)N1CC[C@H](C(=O)N(C)[C@H](C(=O)N[C@H]2Cc3cc(O)cc(c3)-c3ccc4c(c3)c(c(-c3cccnc3COC)n4CC)CC(C)(C)COC(=O)[C@@H]3CCCN(N3)C2=O)C2CCCC2)C1. The van der Waals surface area contributed by atoms with Gasteiger partial charge < -0.3 is 34.3 Å². The van der Waals surface area contributed by atoms with Crippen LogP contribution in [0.15, 0.2) is 67.4 Å². The highest BCUT2D eigenvalue weighted by atomic mass is 16.5. The van der Waals surface area contributed by atoms with Gasteiger partial charge in [-0.15, -0.1) is 0 Å². The van der Waals surface area contributed by atoms with Gasteiger partial charge in [0.15, 0.2) is 0 Å². The van der Waals surface area contributed by atoms with Gasteiger partial charge in [0.05, 0.1) is 30.5 Å². The number of cyclic esters (lactones) is 1. The summed E-state index contributed by atoms with van der Waals surface area (Å²) in [6.45, 7) is 11.9. The van der Waals surface area contributed by atoms with Crippen molar-refractivity contribution < 1.29 is 38.6 Å². The van der Waals surface area contributed by atoms with E-state index < -0.39 is 47.2 Å². The predicted molar refractivity (Wildman–Crippen MR) is 254 cm³/mol. The molecule has 15 heteroatoms. The first kappa shape index (κ1) is 47.4. The summed E-state index contributed by atoms with van der Waals surface area (Å²) in [6.07, 6.45) is 8.34. The highest BCUT2D eigenvalue weighted by Gasteiger charge is 2.42. The summed E-state index contributed by atoms with van der Waals surface area (Å²) in [5, 5.41) is 16.9. The van der Waals surface area contributed by atoms with Crippen LogP contribution in [0.2, 0.25) is 0 Å². The molecule has 4 atom stereocenters. The number of nitrogens with one attached hydrogen (secondary N) is 2. The summed E-state index contributed by atoms with van der Waals surface area (Å²) >= 11 is 0. The number of amides is 4. The number of hydrogen-bond acceptors (Lipinski definition) is 10. The molecular formula is C52H65N7O8. The van der Waals surface area contributed by atoms with Crippen molar-refractivity contribution in [2.45, 2.75) is 110 Å². The molecule has 6 bridgehead atoms. The van der Waals surface area contributed by atoms with Gasteiger partial charge in [-0.2, -0.15) is 0 Å². The number of rotatable bonds is 10. The number of ether oxygens (including phenoxy) is 2. The zero-order valence-corrected chi connectivity index (χ0v) is 39.5. The predicted octanol–water partition coefficient (Wildman–Crippen LogP) is 5.94. The first-order valence-corrected chi connectivity index (χ1v) is 23.8. The van der Waals surface area contributed by atoms with Crippen molar-refractivity contribution in [1.29, 1.82) is 0 Å². The molecule has 2 saturated heterocycles. The van der Waals surface area contributed by atoms with Gasteiger partial charge in [0.2, 0.25) is 17.7 Å². The summed E-state index contributed by atoms with van der Waals surface area (Å²) in [6, 6.07) is 12.7. The maximum Gasteiger partial charge on any atom is 0.324 e. The fraction of sp³-hybridized carbons (Fsp3) is 0.500.